The molecule has 2 atom stereocenters. The lowest BCUT2D eigenvalue weighted by Crippen LogP contribution is -2.54. The molecule has 0 spiro atoms. The maximum absolute atomic E-state index is 6.53. The van der Waals surface area contributed by atoms with E-state index in [9.17, 15) is 0 Å². The van der Waals surface area contributed by atoms with E-state index in [0.29, 0.717) is 26.4 Å². The number of ether oxygens (including phenoxy) is 2. The maximum atomic E-state index is 6.53. The molecule has 1 N–H and O–H groups in total. The molecule has 5 rings (SSSR count). The Bertz CT molecular complexity index is 1350. The van der Waals surface area contributed by atoms with E-state index in [-0.39, 0.29) is 29.8 Å². The van der Waals surface area contributed by atoms with E-state index in [1.54, 1.807) is 0 Å². The largest absolute Gasteiger partial charge is 0.376 e. The Kier molecular flexibility index (Phi) is 12.9. The molecular formula is C39H48ClNO2. The second-order valence-electron chi connectivity index (χ2n) is 12.1. The number of halogens is 1. The molecule has 0 aromatic heterocycles. The summed E-state index contributed by atoms with van der Waals surface area (Å²) in [6.45, 7) is 8.01. The van der Waals surface area contributed by atoms with Gasteiger partial charge < -0.3 is 14.8 Å². The van der Waals surface area contributed by atoms with Crippen LogP contribution in [0.25, 0.3) is 0 Å². The summed E-state index contributed by atoms with van der Waals surface area (Å²) in [7, 11) is 0. The SMILES string of the molecule is Cc1ccccc1C(CNC1(C(COCc2ccccc2)c2ccccc2C)CCCCC1)COCc1ccccc1.Cl. The summed E-state index contributed by atoms with van der Waals surface area (Å²) in [5.41, 5.74) is 7.87. The predicted octanol–water partition coefficient (Wildman–Crippen LogP) is 9.32. The van der Waals surface area contributed by atoms with Gasteiger partial charge in [-0.05, 0) is 60.1 Å². The van der Waals surface area contributed by atoms with Crippen LogP contribution >= 0.6 is 12.4 Å². The molecule has 1 fully saturated rings. The first kappa shape index (κ1) is 33.0. The van der Waals surface area contributed by atoms with Gasteiger partial charge in [0.2, 0.25) is 0 Å². The van der Waals surface area contributed by atoms with Crippen LogP contribution in [0.2, 0.25) is 0 Å². The second kappa shape index (κ2) is 16.8. The van der Waals surface area contributed by atoms with Crippen molar-refractivity contribution in [2.45, 2.75) is 76.5 Å². The maximum Gasteiger partial charge on any atom is 0.0717 e. The number of benzene rings is 4. The zero-order valence-electron chi connectivity index (χ0n) is 25.8. The molecule has 4 aromatic rings. The molecule has 4 aromatic carbocycles. The Morgan fingerprint density at radius 1 is 0.605 bits per heavy atom. The molecule has 0 heterocycles. The van der Waals surface area contributed by atoms with E-state index in [0.717, 1.165) is 19.4 Å². The summed E-state index contributed by atoms with van der Waals surface area (Å²) >= 11 is 0. The average Bonchev–Trinajstić information content (AvgIpc) is 3.03. The third-order valence-corrected chi connectivity index (χ3v) is 9.13. The van der Waals surface area contributed by atoms with Gasteiger partial charge in [-0.2, -0.15) is 0 Å². The van der Waals surface area contributed by atoms with Gasteiger partial charge in [-0.15, -0.1) is 12.4 Å². The molecule has 0 aliphatic heterocycles. The molecular weight excluding hydrogens is 550 g/mol. The van der Waals surface area contributed by atoms with Gasteiger partial charge in [0, 0.05) is 23.9 Å². The van der Waals surface area contributed by atoms with Gasteiger partial charge in [0.15, 0.2) is 0 Å². The molecule has 1 saturated carbocycles. The standard InChI is InChI=1S/C39H47NO2.ClH/c1-31-16-10-12-22-36(31)35(29-41-27-33-18-6-3-7-19-33)26-40-39(24-14-5-15-25-39)38(37-23-13-11-17-32(37)2)30-42-28-34-20-8-4-9-21-34;/h3-4,6-13,16-23,35,38,40H,5,14-15,24-30H2,1-2H3;1H. The monoisotopic (exact) mass is 597 g/mol. The van der Waals surface area contributed by atoms with Crippen molar-refractivity contribution in [3.8, 4) is 0 Å². The number of hydrogen-bond donors (Lipinski definition) is 1. The predicted molar refractivity (Wildman–Crippen MR) is 181 cm³/mol. The Morgan fingerprint density at radius 2 is 1.09 bits per heavy atom. The third-order valence-electron chi connectivity index (χ3n) is 9.13. The highest BCUT2D eigenvalue weighted by molar-refractivity contribution is 5.85. The van der Waals surface area contributed by atoms with Gasteiger partial charge in [-0.25, -0.2) is 0 Å². The van der Waals surface area contributed by atoms with E-state index in [1.807, 2.05) is 0 Å². The minimum Gasteiger partial charge on any atom is -0.376 e. The first-order valence-electron chi connectivity index (χ1n) is 15.7. The highest BCUT2D eigenvalue weighted by Gasteiger charge is 2.41. The summed E-state index contributed by atoms with van der Waals surface area (Å²) in [5.74, 6) is 0.530. The number of rotatable bonds is 14. The van der Waals surface area contributed by atoms with Crippen LogP contribution in [-0.2, 0) is 22.7 Å². The van der Waals surface area contributed by atoms with Crippen molar-refractivity contribution >= 4 is 12.4 Å². The molecule has 0 bridgehead atoms. The molecule has 0 radical (unpaired) electrons. The third kappa shape index (κ3) is 9.03. The zero-order chi connectivity index (χ0) is 29.0. The van der Waals surface area contributed by atoms with Crippen molar-refractivity contribution in [3.05, 3.63) is 143 Å². The molecule has 1 aliphatic rings. The Labute approximate surface area is 265 Å². The lowest BCUT2D eigenvalue weighted by Gasteiger charge is -2.46. The van der Waals surface area contributed by atoms with E-state index < -0.39 is 0 Å². The van der Waals surface area contributed by atoms with E-state index in [1.165, 1.54) is 52.6 Å². The molecule has 3 nitrogen and oxygen atoms in total. The minimum absolute atomic E-state index is 0. The van der Waals surface area contributed by atoms with Gasteiger partial charge in [-0.3, -0.25) is 0 Å². The van der Waals surface area contributed by atoms with Crippen LogP contribution in [0.3, 0.4) is 0 Å². The summed E-state index contributed by atoms with van der Waals surface area (Å²) in [4.78, 5) is 0. The fourth-order valence-electron chi connectivity index (χ4n) is 6.75. The van der Waals surface area contributed by atoms with E-state index >= 15 is 0 Å². The highest BCUT2D eigenvalue weighted by Crippen LogP contribution is 2.42. The first-order chi connectivity index (χ1) is 20.6. The Hall–Kier alpha value is -2.95. The topological polar surface area (TPSA) is 30.5 Å². The van der Waals surface area contributed by atoms with Gasteiger partial charge in [0.1, 0.15) is 0 Å². The Balaban J connectivity index is 0.00000423. The van der Waals surface area contributed by atoms with Crippen LogP contribution in [0.4, 0.5) is 0 Å². The fraction of sp³-hybridized carbons (Fsp3) is 0.385. The molecule has 2 unspecified atom stereocenters. The highest BCUT2D eigenvalue weighted by atomic mass is 35.5. The normalized spacial score (nSPS) is 15.8. The molecule has 228 valence electrons. The summed E-state index contributed by atoms with van der Waals surface area (Å²) < 4.78 is 12.9. The summed E-state index contributed by atoms with van der Waals surface area (Å²) in [6, 6.07) is 38.8. The van der Waals surface area contributed by atoms with Crippen molar-refractivity contribution in [1.29, 1.82) is 0 Å². The number of hydrogen-bond acceptors (Lipinski definition) is 3. The second-order valence-corrected chi connectivity index (χ2v) is 12.1. The molecule has 4 heteroatoms. The fourth-order valence-corrected chi connectivity index (χ4v) is 6.75. The van der Waals surface area contributed by atoms with Crippen LogP contribution in [-0.4, -0.2) is 25.3 Å². The van der Waals surface area contributed by atoms with Crippen molar-refractivity contribution in [3.63, 3.8) is 0 Å². The number of nitrogens with one attached hydrogen (secondary N) is 1. The van der Waals surface area contributed by atoms with Crippen molar-refractivity contribution in [2.75, 3.05) is 19.8 Å². The lowest BCUT2D eigenvalue weighted by molar-refractivity contribution is 0.0572. The molecule has 0 saturated heterocycles. The molecule has 43 heavy (non-hydrogen) atoms. The van der Waals surface area contributed by atoms with Crippen molar-refractivity contribution in [2.24, 2.45) is 0 Å². The first-order valence-corrected chi connectivity index (χ1v) is 15.7. The quantitative estimate of drug-likeness (QED) is 0.157. The van der Waals surface area contributed by atoms with Crippen LogP contribution in [0.15, 0.2) is 109 Å². The smallest absolute Gasteiger partial charge is 0.0717 e. The van der Waals surface area contributed by atoms with Gasteiger partial charge in [0.05, 0.1) is 26.4 Å². The zero-order valence-corrected chi connectivity index (χ0v) is 26.7. The van der Waals surface area contributed by atoms with Crippen LogP contribution < -0.4 is 5.32 Å². The molecule has 0 amide bonds. The van der Waals surface area contributed by atoms with E-state index in [4.69, 9.17) is 9.47 Å². The summed E-state index contributed by atoms with van der Waals surface area (Å²) in [5, 5.41) is 4.22. The van der Waals surface area contributed by atoms with E-state index in [2.05, 4.69) is 128 Å². The van der Waals surface area contributed by atoms with Gasteiger partial charge in [0.25, 0.3) is 0 Å². The van der Waals surface area contributed by atoms with Crippen LogP contribution in [0.5, 0.6) is 0 Å². The van der Waals surface area contributed by atoms with Crippen LogP contribution in [0, 0.1) is 13.8 Å². The van der Waals surface area contributed by atoms with Crippen molar-refractivity contribution < 1.29 is 9.47 Å². The lowest BCUT2D eigenvalue weighted by atomic mass is 9.69. The number of aryl methyl sites for hydroxylation is 2. The van der Waals surface area contributed by atoms with Crippen molar-refractivity contribution in [1.82, 2.24) is 5.32 Å². The van der Waals surface area contributed by atoms with Crippen LogP contribution in [0.1, 0.15) is 77.3 Å². The van der Waals surface area contributed by atoms with Gasteiger partial charge >= 0.3 is 0 Å². The summed E-state index contributed by atoms with van der Waals surface area (Å²) in [6.07, 6.45) is 6.11. The average molecular weight is 598 g/mol. The minimum atomic E-state index is -0.0264. The van der Waals surface area contributed by atoms with Gasteiger partial charge in [-0.1, -0.05) is 128 Å². The molecule has 1 aliphatic carbocycles. The Morgan fingerprint density at radius 3 is 1.65 bits per heavy atom.